The normalized spacial score (nSPS) is 11.8. The second-order valence-corrected chi connectivity index (χ2v) is 13.7. The van der Waals surface area contributed by atoms with Crippen LogP contribution >= 0.6 is 0 Å². The number of hydrogen-bond acceptors (Lipinski definition) is 0. The predicted molar refractivity (Wildman–Crippen MR) is 217 cm³/mol. The van der Waals surface area contributed by atoms with Crippen molar-refractivity contribution in [2.45, 2.75) is 13.8 Å². The number of rotatable bonds is 3. The summed E-state index contributed by atoms with van der Waals surface area (Å²) in [5.74, 6) is 0. The molecule has 0 aliphatic rings. The molecule has 234 valence electrons. The van der Waals surface area contributed by atoms with Gasteiger partial charge in [0.15, 0.2) is 0 Å². The Balaban J connectivity index is 1.26. The van der Waals surface area contributed by atoms with E-state index in [0.717, 1.165) is 0 Å². The molecule has 0 heteroatoms. The Labute approximate surface area is 291 Å². The zero-order valence-corrected chi connectivity index (χ0v) is 28.2. The molecule has 0 nitrogen and oxygen atoms in total. The number of fused-ring (bicyclic) bond motifs is 7. The molecule has 0 N–H and O–H groups in total. The lowest BCUT2D eigenvalue weighted by Gasteiger charge is -2.20. The van der Waals surface area contributed by atoms with Crippen LogP contribution in [0.4, 0.5) is 0 Å². The van der Waals surface area contributed by atoms with Gasteiger partial charge in [0.2, 0.25) is 0 Å². The van der Waals surface area contributed by atoms with Gasteiger partial charge in [-0.05, 0) is 123 Å². The second kappa shape index (κ2) is 11.2. The van der Waals surface area contributed by atoms with Crippen LogP contribution in [0.1, 0.15) is 11.1 Å². The van der Waals surface area contributed by atoms with Crippen molar-refractivity contribution in [1.29, 1.82) is 0 Å². The second-order valence-electron chi connectivity index (χ2n) is 13.7. The van der Waals surface area contributed by atoms with Gasteiger partial charge in [0.05, 0.1) is 0 Å². The highest BCUT2D eigenvalue weighted by atomic mass is 14.2. The summed E-state index contributed by atoms with van der Waals surface area (Å²) in [6.45, 7) is 4.46. The molecule has 10 aromatic rings. The molecule has 0 amide bonds. The van der Waals surface area contributed by atoms with E-state index in [1.807, 2.05) is 0 Å². The van der Waals surface area contributed by atoms with Crippen molar-refractivity contribution in [1.82, 2.24) is 0 Å². The average molecular weight is 635 g/mol. The smallest absolute Gasteiger partial charge is 0.00201 e. The molecule has 0 bridgehead atoms. The molecule has 10 aromatic carbocycles. The molecule has 0 aromatic heterocycles. The van der Waals surface area contributed by atoms with Crippen LogP contribution in [0.2, 0.25) is 0 Å². The fraction of sp³-hybridized carbons (Fsp3) is 0.0400. The third-order valence-electron chi connectivity index (χ3n) is 10.9. The first kappa shape index (κ1) is 28.7. The van der Waals surface area contributed by atoms with Crippen LogP contribution in [-0.2, 0) is 0 Å². The first-order valence-corrected chi connectivity index (χ1v) is 17.5. The molecule has 0 saturated carbocycles. The van der Waals surface area contributed by atoms with Crippen molar-refractivity contribution >= 4 is 64.6 Å². The third kappa shape index (κ3) is 4.25. The average Bonchev–Trinajstić information content (AvgIpc) is 3.17. The van der Waals surface area contributed by atoms with Crippen molar-refractivity contribution in [3.05, 3.63) is 181 Å². The van der Waals surface area contributed by atoms with E-state index in [-0.39, 0.29) is 0 Å². The summed E-state index contributed by atoms with van der Waals surface area (Å²) in [7, 11) is 0. The van der Waals surface area contributed by atoms with Gasteiger partial charge in [0.1, 0.15) is 0 Å². The largest absolute Gasteiger partial charge is 0.0622 e. The van der Waals surface area contributed by atoms with E-state index in [1.54, 1.807) is 0 Å². The van der Waals surface area contributed by atoms with Gasteiger partial charge in [-0.2, -0.15) is 0 Å². The fourth-order valence-electron chi connectivity index (χ4n) is 8.61. The van der Waals surface area contributed by atoms with Crippen LogP contribution in [0.15, 0.2) is 170 Å². The molecular weight excluding hydrogens is 601 g/mol. The summed E-state index contributed by atoms with van der Waals surface area (Å²) in [5, 5.41) is 15.5. The quantitative estimate of drug-likeness (QED) is 0.134. The number of aryl methyl sites for hydroxylation is 2. The molecule has 10 rings (SSSR count). The van der Waals surface area contributed by atoms with Gasteiger partial charge in [-0.3, -0.25) is 0 Å². The van der Waals surface area contributed by atoms with E-state index < -0.39 is 0 Å². The summed E-state index contributed by atoms with van der Waals surface area (Å²) in [6, 6.07) is 63.1. The van der Waals surface area contributed by atoms with Crippen molar-refractivity contribution < 1.29 is 0 Å². The summed E-state index contributed by atoms with van der Waals surface area (Å²) >= 11 is 0. The summed E-state index contributed by atoms with van der Waals surface area (Å²) < 4.78 is 0. The van der Waals surface area contributed by atoms with Crippen LogP contribution in [0.3, 0.4) is 0 Å². The lowest BCUT2D eigenvalue weighted by atomic mass is 9.83. The van der Waals surface area contributed by atoms with Gasteiger partial charge in [0, 0.05) is 0 Å². The summed E-state index contributed by atoms with van der Waals surface area (Å²) in [6.07, 6.45) is 0. The van der Waals surface area contributed by atoms with E-state index in [4.69, 9.17) is 0 Å². The lowest BCUT2D eigenvalue weighted by molar-refractivity contribution is 1.51. The van der Waals surface area contributed by atoms with E-state index >= 15 is 0 Å². The fourth-order valence-corrected chi connectivity index (χ4v) is 8.61. The maximum absolute atomic E-state index is 2.38. The standard InChI is InChI=1S/C50H34/c1-31-23-24-46-48(29-31)49(33-13-4-3-5-14-33)43-19-10-11-20-44(43)50(46)45-28-27-41(37-17-8-9-18-39(37)45)38-21-12-22-40-42(38)26-25-36-32(2)35-16-7-6-15-34(35)30-47(36)40/h3-30H,1-2H3. The summed E-state index contributed by atoms with van der Waals surface area (Å²) in [4.78, 5) is 0. The SMILES string of the molecule is Cc1ccc2c(-c3ccc(-c4cccc5c4ccc4c(C)c6ccccc6cc45)c4ccccc34)c3ccccc3c(-c3ccccc3)c2c1. The zero-order chi connectivity index (χ0) is 33.3. The number of benzene rings is 10. The maximum atomic E-state index is 2.38. The Morgan fingerprint density at radius 3 is 1.62 bits per heavy atom. The molecule has 0 fully saturated rings. The first-order chi connectivity index (χ1) is 24.7. The minimum atomic E-state index is 1.25. The van der Waals surface area contributed by atoms with Gasteiger partial charge in [-0.25, -0.2) is 0 Å². The Hall–Kier alpha value is -6.24. The molecule has 0 atom stereocenters. The number of hydrogen-bond donors (Lipinski definition) is 0. The minimum absolute atomic E-state index is 1.25. The minimum Gasteiger partial charge on any atom is -0.0622 e. The van der Waals surface area contributed by atoms with Gasteiger partial charge in [0.25, 0.3) is 0 Å². The van der Waals surface area contributed by atoms with Crippen molar-refractivity contribution in [3.63, 3.8) is 0 Å². The topological polar surface area (TPSA) is 0 Å². The Morgan fingerprint density at radius 1 is 0.280 bits per heavy atom. The first-order valence-electron chi connectivity index (χ1n) is 17.5. The van der Waals surface area contributed by atoms with Gasteiger partial charge < -0.3 is 0 Å². The van der Waals surface area contributed by atoms with Gasteiger partial charge >= 0.3 is 0 Å². The van der Waals surface area contributed by atoms with E-state index in [9.17, 15) is 0 Å². The maximum Gasteiger partial charge on any atom is -0.00201 e. The monoisotopic (exact) mass is 634 g/mol. The van der Waals surface area contributed by atoms with Crippen LogP contribution in [-0.4, -0.2) is 0 Å². The predicted octanol–water partition coefficient (Wildman–Crippen LogP) is 14.2. The third-order valence-corrected chi connectivity index (χ3v) is 10.9. The molecule has 50 heavy (non-hydrogen) atoms. The Morgan fingerprint density at radius 2 is 0.820 bits per heavy atom. The van der Waals surface area contributed by atoms with E-state index in [1.165, 1.54) is 109 Å². The Bertz CT molecular complexity index is 2980. The zero-order valence-electron chi connectivity index (χ0n) is 28.2. The highest BCUT2D eigenvalue weighted by molar-refractivity contribution is 6.25. The van der Waals surface area contributed by atoms with Gasteiger partial charge in [-0.15, -0.1) is 0 Å². The van der Waals surface area contributed by atoms with Crippen LogP contribution in [0.25, 0.3) is 98.0 Å². The highest BCUT2D eigenvalue weighted by Gasteiger charge is 2.20. The lowest BCUT2D eigenvalue weighted by Crippen LogP contribution is -1.93. The van der Waals surface area contributed by atoms with Crippen LogP contribution in [0.5, 0.6) is 0 Å². The molecule has 0 aliphatic heterocycles. The van der Waals surface area contributed by atoms with Crippen molar-refractivity contribution in [3.8, 4) is 33.4 Å². The van der Waals surface area contributed by atoms with Crippen LogP contribution in [0, 0.1) is 13.8 Å². The highest BCUT2D eigenvalue weighted by Crippen LogP contribution is 2.47. The van der Waals surface area contributed by atoms with Crippen LogP contribution < -0.4 is 0 Å². The van der Waals surface area contributed by atoms with Gasteiger partial charge in [-0.1, -0.05) is 169 Å². The van der Waals surface area contributed by atoms with Crippen molar-refractivity contribution in [2.75, 3.05) is 0 Å². The molecule has 0 saturated heterocycles. The summed E-state index contributed by atoms with van der Waals surface area (Å²) in [5.41, 5.74) is 10.2. The Kier molecular flexibility index (Phi) is 6.41. The molecular formula is C50H34. The molecule has 0 unspecified atom stereocenters. The van der Waals surface area contributed by atoms with Crippen molar-refractivity contribution in [2.24, 2.45) is 0 Å². The molecule has 0 heterocycles. The molecule has 0 aliphatic carbocycles. The van der Waals surface area contributed by atoms with E-state index in [0.29, 0.717) is 0 Å². The molecule has 0 radical (unpaired) electrons. The molecule has 0 spiro atoms. The van der Waals surface area contributed by atoms with E-state index in [2.05, 4.69) is 184 Å².